The smallest absolute Gasteiger partial charge is 0.131 e. The highest BCUT2D eigenvalue weighted by atomic mass is 19.1. The third-order valence-electron chi connectivity index (χ3n) is 3.26. The van der Waals surface area contributed by atoms with Crippen LogP contribution in [0.15, 0.2) is 36.7 Å². The number of benzene rings is 1. The first-order valence-corrected chi connectivity index (χ1v) is 6.72. The van der Waals surface area contributed by atoms with Crippen LogP contribution in [-0.2, 0) is 0 Å². The second kappa shape index (κ2) is 6.57. The van der Waals surface area contributed by atoms with Crippen molar-refractivity contribution < 1.29 is 8.78 Å². The summed E-state index contributed by atoms with van der Waals surface area (Å²) in [5, 5.41) is 3.30. The number of hydrogen-bond acceptors (Lipinski definition) is 2. The Hall–Kier alpha value is -1.81. The van der Waals surface area contributed by atoms with Crippen LogP contribution < -0.4 is 5.32 Å². The Morgan fingerprint density at radius 1 is 1.20 bits per heavy atom. The fourth-order valence-corrected chi connectivity index (χ4v) is 2.19. The van der Waals surface area contributed by atoms with E-state index in [1.54, 1.807) is 12.4 Å². The fourth-order valence-electron chi connectivity index (χ4n) is 2.19. The third kappa shape index (κ3) is 3.20. The number of aryl methyl sites for hydroxylation is 1. The van der Waals surface area contributed by atoms with E-state index < -0.39 is 11.6 Å². The Balaban J connectivity index is 2.44. The molecule has 20 heavy (non-hydrogen) atoms. The van der Waals surface area contributed by atoms with Crippen LogP contribution in [0.2, 0.25) is 0 Å². The van der Waals surface area contributed by atoms with Crippen molar-refractivity contribution in [1.29, 1.82) is 0 Å². The molecule has 2 aromatic rings. The van der Waals surface area contributed by atoms with Crippen LogP contribution in [0.25, 0.3) is 0 Å². The number of pyridine rings is 1. The maximum absolute atomic E-state index is 14.0. The summed E-state index contributed by atoms with van der Waals surface area (Å²) < 4.78 is 27.1. The molecule has 0 fully saturated rings. The molecule has 0 aliphatic heterocycles. The summed E-state index contributed by atoms with van der Waals surface area (Å²) >= 11 is 0. The zero-order valence-corrected chi connectivity index (χ0v) is 11.7. The molecule has 0 saturated carbocycles. The third-order valence-corrected chi connectivity index (χ3v) is 3.26. The largest absolute Gasteiger partial charge is 0.306 e. The minimum atomic E-state index is -0.566. The van der Waals surface area contributed by atoms with E-state index in [-0.39, 0.29) is 6.04 Å². The lowest BCUT2D eigenvalue weighted by Crippen LogP contribution is -2.25. The molecule has 2 rings (SSSR count). The zero-order valence-electron chi connectivity index (χ0n) is 11.7. The summed E-state index contributed by atoms with van der Waals surface area (Å²) in [5.41, 5.74) is 2.37. The summed E-state index contributed by atoms with van der Waals surface area (Å²) in [7, 11) is 0. The summed E-state index contributed by atoms with van der Waals surface area (Å²) in [5.74, 6) is -1.11. The Labute approximate surface area is 117 Å². The predicted molar refractivity (Wildman–Crippen MR) is 75.5 cm³/mol. The molecule has 1 atom stereocenters. The number of aromatic nitrogens is 1. The van der Waals surface area contributed by atoms with E-state index in [0.717, 1.165) is 30.2 Å². The fraction of sp³-hybridized carbons (Fsp3) is 0.312. The van der Waals surface area contributed by atoms with Gasteiger partial charge in [0.25, 0.3) is 0 Å². The van der Waals surface area contributed by atoms with Gasteiger partial charge in [0.05, 0.1) is 6.04 Å². The van der Waals surface area contributed by atoms with E-state index in [1.165, 1.54) is 12.1 Å². The van der Waals surface area contributed by atoms with Gasteiger partial charge >= 0.3 is 0 Å². The number of nitrogens with zero attached hydrogens (tertiary/aromatic N) is 1. The highest BCUT2D eigenvalue weighted by Crippen LogP contribution is 2.26. The molecule has 1 unspecified atom stereocenters. The molecule has 0 amide bonds. The normalized spacial score (nSPS) is 12.4. The van der Waals surface area contributed by atoms with Gasteiger partial charge in [0.2, 0.25) is 0 Å². The van der Waals surface area contributed by atoms with Gasteiger partial charge in [0, 0.05) is 24.0 Å². The van der Waals surface area contributed by atoms with Gasteiger partial charge in [-0.1, -0.05) is 13.0 Å². The van der Waals surface area contributed by atoms with E-state index in [4.69, 9.17) is 0 Å². The molecular weight excluding hydrogens is 258 g/mol. The minimum absolute atomic E-state index is 0.316. The molecule has 1 aromatic heterocycles. The lowest BCUT2D eigenvalue weighted by atomic mass is 9.96. The molecule has 1 heterocycles. The Morgan fingerprint density at radius 3 is 2.65 bits per heavy atom. The molecular formula is C16H18F2N2. The standard InChI is InChI=1S/C16H18F2N2/c1-3-7-20-16(14-10-19-8-6-11(14)2)13-5-4-12(17)9-15(13)18/h4-6,8-10,16,20H,3,7H2,1-2H3. The molecule has 0 radical (unpaired) electrons. The van der Waals surface area contributed by atoms with Crippen LogP contribution in [0.4, 0.5) is 8.78 Å². The monoisotopic (exact) mass is 276 g/mol. The van der Waals surface area contributed by atoms with Gasteiger partial charge in [-0.15, -0.1) is 0 Å². The molecule has 0 aliphatic rings. The van der Waals surface area contributed by atoms with Crippen molar-refractivity contribution in [1.82, 2.24) is 10.3 Å². The summed E-state index contributed by atoms with van der Waals surface area (Å²) in [6.07, 6.45) is 4.36. The van der Waals surface area contributed by atoms with Crippen LogP contribution in [0.5, 0.6) is 0 Å². The van der Waals surface area contributed by atoms with Gasteiger partial charge in [-0.2, -0.15) is 0 Å². The molecule has 1 N–H and O–H groups in total. The molecule has 106 valence electrons. The van der Waals surface area contributed by atoms with Crippen molar-refractivity contribution in [2.45, 2.75) is 26.3 Å². The SMILES string of the molecule is CCCNC(c1cnccc1C)c1ccc(F)cc1F. The number of hydrogen-bond donors (Lipinski definition) is 1. The van der Waals surface area contributed by atoms with E-state index in [1.807, 2.05) is 19.9 Å². The molecule has 2 nitrogen and oxygen atoms in total. The molecule has 0 bridgehead atoms. The van der Waals surface area contributed by atoms with Crippen molar-refractivity contribution >= 4 is 0 Å². The van der Waals surface area contributed by atoms with Crippen molar-refractivity contribution in [3.63, 3.8) is 0 Å². The van der Waals surface area contributed by atoms with Crippen LogP contribution in [0.3, 0.4) is 0 Å². The Morgan fingerprint density at radius 2 is 2.00 bits per heavy atom. The second-order valence-corrected chi connectivity index (χ2v) is 4.79. The first-order valence-electron chi connectivity index (χ1n) is 6.72. The molecule has 1 aromatic carbocycles. The highest BCUT2D eigenvalue weighted by Gasteiger charge is 2.19. The van der Waals surface area contributed by atoms with Crippen molar-refractivity contribution in [3.05, 3.63) is 65.0 Å². The summed E-state index contributed by atoms with van der Waals surface area (Å²) in [6, 6.07) is 5.26. The van der Waals surface area contributed by atoms with Gasteiger partial charge in [-0.25, -0.2) is 8.78 Å². The van der Waals surface area contributed by atoms with Gasteiger partial charge in [0.15, 0.2) is 0 Å². The highest BCUT2D eigenvalue weighted by molar-refractivity contribution is 5.35. The van der Waals surface area contributed by atoms with Gasteiger partial charge < -0.3 is 5.32 Å². The van der Waals surface area contributed by atoms with E-state index >= 15 is 0 Å². The topological polar surface area (TPSA) is 24.9 Å². The average Bonchev–Trinajstić information content (AvgIpc) is 2.42. The maximum atomic E-state index is 14.0. The van der Waals surface area contributed by atoms with Crippen molar-refractivity contribution in [3.8, 4) is 0 Å². The maximum Gasteiger partial charge on any atom is 0.131 e. The van der Waals surface area contributed by atoms with E-state index in [2.05, 4.69) is 10.3 Å². The van der Waals surface area contributed by atoms with Gasteiger partial charge in [-0.05, 0) is 43.1 Å². The van der Waals surface area contributed by atoms with E-state index in [9.17, 15) is 8.78 Å². The van der Waals surface area contributed by atoms with Crippen LogP contribution in [0, 0.1) is 18.6 Å². The average molecular weight is 276 g/mol. The van der Waals surface area contributed by atoms with Crippen LogP contribution in [-0.4, -0.2) is 11.5 Å². The van der Waals surface area contributed by atoms with Crippen LogP contribution in [0.1, 0.15) is 36.1 Å². The number of halogens is 2. The van der Waals surface area contributed by atoms with Crippen LogP contribution >= 0.6 is 0 Å². The predicted octanol–water partition coefficient (Wildman–Crippen LogP) is 3.76. The Kier molecular flexibility index (Phi) is 4.79. The number of nitrogens with one attached hydrogen (secondary N) is 1. The minimum Gasteiger partial charge on any atom is -0.306 e. The summed E-state index contributed by atoms with van der Waals surface area (Å²) in [6.45, 7) is 4.75. The first kappa shape index (κ1) is 14.6. The molecule has 0 saturated heterocycles. The van der Waals surface area contributed by atoms with Gasteiger partial charge in [-0.3, -0.25) is 4.98 Å². The zero-order chi connectivity index (χ0) is 14.5. The summed E-state index contributed by atoms with van der Waals surface area (Å²) in [4.78, 5) is 4.11. The van der Waals surface area contributed by atoms with E-state index in [0.29, 0.717) is 5.56 Å². The van der Waals surface area contributed by atoms with Crippen molar-refractivity contribution in [2.24, 2.45) is 0 Å². The Bertz CT molecular complexity index is 584. The number of rotatable bonds is 5. The lowest BCUT2D eigenvalue weighted by Gasteiger charge is -2.21. The van der Waals surface area contributed by atoms with Crippen molar-refractivity contribution in [2.75, 3.05) is 6.54 Å². The quantitative estimate of drug-likeness (QED) is 0.899. The van der Waals surface area contributed by atoms with Gasteiger partial charge in [0.1, 0.15) is 11.6 Å². The molecule has 4 heteroatoms. The first-order chi connectivity index (χ1) is 9.63. The molecule has 0 aliphatic carbocycles. The second-order valence-electron chi connectivity index (χ2n) is 4.79. The molecule has 0 spiro atoms. The lowest BCUT2D eigenvalue weighted by molar-refractivity contribution is 0.531.